The third-order valence-electron chi connectivity index (χ3n) is 5.17. The molecule has 12 heteroatoms. The Balaban J connectivity index is 1.62. The Bertz CT molecular complexity index is 1090. The van der Waals surface area contributed by atoms with Crippen LogP contribution >= 0.6 is 0 Å². The standard InChI is InChI=1S/C19H21F3N8O/c1-11(6-23)17(24)13-9-29(4-5-31-13)15-2-3-25-18(28-15)12-7-27-16-8-26-14(10-30(12)16)19(20,21)22/h2-3,6-8,10,13,15,23H,4-5,9,24H2,1H3,(H,25,28)/b17-11-,23-6?. The summed E-state index contributed by atoms with van der Waals surface area (Å²) in [4.78, 5) is 14.3. The molecular weight excluding hydrogens is 413 g/mol. The topological polar surface area (TPSA) is 117 Å². The molecule has 4 heterocycles. The molecule has 2 atom stereocenters. The number of imidazole rings is 1. The zero-order valence-electron chi connectivity index (χ0n) is 16.6. The van der Waals surface area contributed by atoms with Crippen molar-refractivity contribution in [3.8, 4) is 0 Å². The highest BCUT2D eigenvalue weighted by Gasteiger charge is 2.33. The Morgan fingerprint density at radius 3 is 2.90 bits per heavy atom. The fraction of sp³-hybridized carbons (Fsp3) is 0.368. The van der Waals surface area contributed by atoms with Gasteiger partial charge in [-0.2, -0.15) is 13.2 Å². The Hall–Kier alpha value is -3.25. The molecule has 164 valence electrons. The van der Waals surface area contributed by atoms with E-state index in [0.717, 1.165) is 12.4 Å². The lowest BCUT2D eigenvalue weighted by Crippen LogP contribution is -2.49. The number of hydrogen-bond acceptors (Lipinski definition) is 8. The van der Waals surface area contributed by atoms with Gasteiger partial charge in [-0.15, -0.1) is 0 Å². The number of aliphatic imine (C=N–C) groups is 1. The van der Waals surface area contributed by atoms with Crippen molar-refractivity contribution in [2.45, 2.75) is 25.4 Å². The molecule has 4 N–H and O–H groups in total. The number of ether oxygens (including phenoxy) is 1. The van der Waals surface area contributed by atoms with Crippen LogP contribution in [0, 0.1) is 5.41 Å². The second-order valence-electron chi connectivity index (χ2n) is 7.17. The van der Waals surface area contributed by atoms with Gasteiger partial charge in [0, 0.05) is 37.4 Å². The molecule has 4 rings (SSSR count). The molecule has 0 spiro atoms. The van der Waals surface area contributed by atoms with Crippen molar-refractivity contribution in [2.75, 3.05) is 19.7 Å². The van der Waals surface area contributed by atoms with E-state index in [4.69, 9.17) is 15.9 Å². The van der Waals surface area contributed by atoms with E-state index in [-0.39, 0.29) is 17.9 Å². The Kier molecular flexibility index (Phi) is 5.50. The van der Waals surface area contributed by atoms with E-state index < -0.39 is 11.9 Å². The van der Waals surface area contributed by atoms with E-state index in [2.05, 4.69) is 25.2 Å². The van der Waals surface area contributed by atoms with Crippen molar-refractivity contribution >= 4 is 17.7 Å². The number of fused-ring (bicyclic) bond motifs is 1. The minimum Gasteiger partial charge on any atom is -0.400 e. The summed E-state index contributed by atoms with van der Waals surface area (Å²) in [7, 11) is 0. The number of aromatic nitrogens is 3. The van der Waals surface area contributed by atoms with Gasteiger partial charge in [0.2, 0.25) is 0 Å². The summed E-state index contributed by atoms with van der Waals surface area (Å²) in [6.07, 6.45) is 2.89. The van der Waals surface area contributed by atoms with Gasteiger partial charge in [-0.25, -0.2) is 15.0 Å². The first-order valence-corrected chi connectivity index (χ1v) is 9.52. The minimum absolute atomic E-state index is 0.282. The third-order valence-corrected chi connectivity index (χ3v) is 5.17. The number of halogens is 3. The first-order valence-electron chi connectivity index (χ1n) is 9.52. The van der Waals surface area contributed by atoms with Gasteiger partial charge in [-0.05, 0) is 18.6 Å². The van der Waals surface area contributed by atoms with E-state index in [1.165, 1.54) is 16.8 Å². The van der Waals surface area contributed by atoms with E-state index in [1.807, 2.05) is 6.08 Å². The van der Waals surface area contributed by atoms with Crippen LogP contribution in [0.15, 0.2) is 47.1 Å². The number of nitrogens with one attached hydrogen (secondary N) is 2. The van der Waals surface area contributed by atoms with Crippen molar-refractivity contribution < 1.29 is 17.9 Å². The number of allylic oxidation sites excluding steroid dienone is 1. The average molecular weight is 434 g/mol. The molecule has 2 aliphatic rings. The number of nitrogens with two attached hydrogens (primary N) is 1. The van der Waals surface area contributed by atoms with Gasteiger partial charge < -0.3 is 21.2 Å². The van der Waals surface area contributed by atoms with Crippen molar-refractivity contribution in [3.63, 3.8) is 0 Å². The molecule has 2 aromatic heterocycles. The van der Waals surface area contributed by atoms with Crippen LogP contribution in [0.1, 0.15) is 18.3 Å². The molecule has 2 aromatic rings. The Labute approximate surface area is 175 Å². The monoisotopic (exact) mass is 434 g/mol. The van der Waals surface area contributed by atoms with Crippen molar-refractivity contribution in [3.05, 3.63) is 53.5 Å². The molecule has 0 aliphatic carbocycles. The second-order valence-corrected chi connectivity index (χ2v) is 7.17. The van der Waals surface area contributed by atoms with Crippen LogP contribution < -0.4 is 11.1 Å². The van der Waals surface area contributed by atoms with Crippen molar-refractivity contribution in [1.29, 1.82) is 5.41 Å². The fourth-order valence-corrected chi connectivity index (χ4v) is 3.41. The molecule has 2 aliphatic heterocycles. The SMILES string of the molecule is C/C(C=N)=C(/N)C1CN(C2C=CNC(c3cnc4cnc(C(F)(F)F)cn34)=N2)CCO1. The zero-order chi connectivity index (χ0) is 22.2. The van der Waals surface area contributed by atoms with E-state index in [0.29, 0.717) is 42.5 Å². The van der Waals surface area contributed by atoms with Crippen LogP contribution in [-0.4, -0.2) is 63.3 Å². The number of alkyl halides is 3. The molecular formula is C19H21F3N8O. The van der Waals surface area contributed by atoms with Gasteiger partial charge in [0.05, 0.1) is 19.0 Å². The second kappa shape index (κ2) is 8.12. The predicted molar refractivity (Wildman–Crippen MR) is 108 cm³/mol. The van der Waals surface area contributed by atoms with Crippen LogP contribution in [0.5, 0.6) is 0 Å². The summed E-state index contributed by atoms with van der Waals surface area (Å²) >= 11 is 0. The summed E-state index contributed by atoms with van der Waals surface area (Å²) in [5.74, 6) is 0.390. The molecule has 1 saturated heterocycles. The summed E-state index contributed by atoms with van der Waals surface area (Å²) in [5, 5.41) is 10.4. The maximum atomic E-state index is 13.1. The number of nitrogens with zero attached hydrogens (tertiary/aromatic N) is 5. The van der Waals surface area contributed by atoms with Gasteiger partial charge in [0.15, 0.2) is 17.2 Å². The largest absolute Gasteiger partial charge is 0.434 e. The Morgan fingerprint density at radius 2 is 2.16 bits per heavy atom. The quantitative estimate of drug-likeness (QED) is 0.629. The lowest BCUT2D eigenvalue weighted by molar-refractivity contribution is -0.141. The fourth-order valence-electron chi connectivity index (χ4n) is 3.41. The number of hydrogen-bond donors (Lipinski definition) is 3. The molecule has 0 saturated carbocycles. The first-order chi connectivity index (χ1) is 14.8. The molecule has 0 radical (unpaired) electrons. The highest BCUT2D eigenvalue weighted by atomic mass is 19.4. The molecule has 0 amide bonds. The number of amidine groups is 1. The molecule has 31 heavy (non-hydrogen) atoms. The van der Waals surface area contributed by atoms with Crippen LogP contribution in [0.2, 0.25) is 0 Å². The lowest BCUT2D eigenvalue weighted by Gasteiger charge is -2.37. The number of morpholine rings is 1. The van der Waals surface area contributed by atoms with Gasteiger partial charge in [0.25, 0.3) is 0 Å². The summed E-state index contributed by atoms with van der Waals surface area (Å²) in [5.41, 5.74) is 6.90. The smallest absolute Gasteiger partial charge is 0.400 e. The summed E-state index contributed by atoms with van der Waals surface area (Å²) < 4.78 is 46.3. The van der Waals surface area contributed by atoms with Gasteiger partial charge in [0.1, 0.15) is 18.0 Å². The van der Waals surface area contributed by atoms with E-state index in [9.17, 15) is 13.2 Å². The highest BCUT2D eigenvalue weighted by molar-refractivity contribution is 5.99. The van der Waals surface area contributed by atoms with Gasteiger partial charge >= 0.3 is 6.18 Å². The molecule has 0 aromatic carbocycles. The molecule has 1 fully saturated rings. The summed E-state index contributed by atoms with van der Waals surface area (Å²) in [6.45, 7) is 3.27. The van der Waals surface area contributed by atoms with E-state index >= 15 is 0 Å². The molecule has 2 unspecified atom stereocenters. The predicted octanol–water partition coefficient (Wildman–Crippen LogP) is 1.52. The molecule has 0 bridgehead atoms. The average Bonchev–Trinajstić information content (AvgIpc) is 3.21. The van der Waals surface area contributed by atoms with Crippen molar-refractivity contribution in [2.24, 2.45) is 10.7 Å². The van der Waals surface area contributed by atoms with Crippen LogP contribution in [0.4, 0.5) is 13.2 Å². The van der Waals surface area contributed by atoms with Crippen LogP contribution in [-0.2, 0) is 10.9 Å². The normalized spacial score (nSPS) is 23.3. The zero-order valence-corrected chi connectivity index (χ0v) is 16.6. The number of rotatable bonds is 4. The first kappa shape index (κ1) is 21.0. The highest BCUT2D eigenvalue weighted by Crippen LogP contribution is 2.27. The minimum atomic E-state index is -4.56. The van der Waals surface area contributed by atoms with Crippen LogP contribution in [0.25, 0.3) is 5.65 Å². The van der Waals surface area contributed by atoms with E-state index in [1.54, 1.807) is 13.1 Å². The summed E-state index contributed by atoms with van der Waals surface area (Å²) in [6, 6.07) is 0. The van der Waals surface area contributed by atoms with Crippen LogP contribution in [0.3, 0.4) is 0 Å². The van der Waals surface area contributed by atoms with Gasteiger partial charge in [-0.3, -0.25) is 9.30 Å². The molecule has 9 nitrogen and oxygen atoms in total. The maximum absolute atomic E-state index is 13.1. The van der Waals surface area contributed by atoms with Gasteiger partial charge in [-0.1, -0.05) is 0 Å². The third kappa shape index (κ3) is 4.16. The Morgan fingerprint density at radius 1 is 1.35 bits per heavy atom. The maximum Gasteiger partial charge on any atom is 0.434 e. The van der Waals surface area contributed by atoms with Crippen molar-refractivity contribution in [1.82, 2.24) is 24.6 Å². The lowest BCUT2D eigenvalue weighted by atomic mass is 10.1.